The van der Waals surface area contributed by atoms with Crippen LogP contribution < -0.4 is 0 Å². The third-order valence-electron chi connectivity index (χ3n) is 1.18. The minimum Gasteiger partial charge on any atom is -0.478 e. The molecular weight excluding hydrogens is 162 g/mol. The Labute approximate surface area is 67.3 Å². The van der Waals surface area contributed by atoms with Gasteiger partial charge in [-0.2, -0.15) is 0 Å². The zero-order valence-corrected chi connectivity index (χ0v) is 5.81. The summed E-state index contributed by atoms with van der Waals surface area (Å²) in [4.78, 5) is 24.2. The molecule has 1 aromatic rings. The van der Waals surface area contributed by atoms with Crippen LogP contribution in [0.2, 0.25) is 0 Å². The van der Waals surface area contributed by atoms with Crippen LogP contribution in [0.3, 0.4) is 0 Å². The number of aromatic nitrogens is 1. The number of rotatable bonds is 2. The second-order valence-corrected chi connectivity index (χ2v) is 1.94. The molecule has 0 spiro atoms. The maximum Gasteiger partial charge on any atom is 0.355 e. The Hall–Kier alpha value is -1.91. The summed E-state index contributed by atoms with van der Waals surface area (Å²) in [7, 11) is 0. The van der Waals surface area contributed by atoms with Gasteiger partial charge in [-0.25, -0.2) is 14.6 Å². The SMILES string of the molecule is O=C(O)c1c[c]cnc1C(=O)O. The van der Waals surface area contributed by atoms with Crippen molar-refractivity contribution in [3.8, 4) is 0 Å². The van der Waals surface area contributed by atoms with E-state index in [1.54, 1.807) is 0 Å². The Kier molecular flexibility index (Phi) is 2.05. The van der Waals surface area contributed by atoms with Gasteiger partial charge in [-0.1, -0.05) is 0 Å². The minimum absolute atomic E-state index is 0.356. The van der Waals surface area contributed by atoms with Crippen molar-refractivity contribution in [2.24, 2.45) is 0 Å². The summed E-state index contributed by atoms with van der Waals surface area (Å²) in [6.45, 7) is 0. The molecule has 0 saturated carbocycles. The lowest BCUT2D eigenvalue weighted by molar-refractivity contribution is 0.0646. The molecule has 0 unspecified atom stereocenters. The van der Waals surface area contributed by atoms with Crippen molar-refractivity contribution in [3.63, 3.8) is 0 Å². The standard InChI is InChI=1S/C7H4NO4/c9-6(10)4-2-1-3-8-5(4)7(11)12/h2-3H,(H,9,10)(H,11,12). The monoisotopic (exact) mass is 166 g/mol. The van der Waals surface area contributed by atoms with Gasteiger partial charge in [-0.05, 0) is 6.07 Å². The van der Waals surface area contributed by atoms with Crippen LogP contribution in [0.15, 0.2) is 12.3 Å². The van der Waals surface area contributed by atoms with Crippen LogP contribution in [-0.4, -0.2) is 27.1 Å². The van der Waals surface area contributed by atoms with Gasteiger partial charge in [0.15, 0.2) is 5.69 Å². The van der Waals surface area contributed by atoms with Crippen molar-refractivity contribution in [2.45, 2.75) is 0 Å². The maximum atomic E-state index is 10.4. The van der Waals surface area contributed by atoms with Crippen LogP contribution in [0.25, 0.3) is 0 Å². The van der Waals surface area contributed by atoms with Crippen molar-refractivity contribution in [2.75, 3.05) is 0 Å². The predicted octanol–water partition coefficient (Wildman–Crippen LogP) is 0.278. The number of aromatic carboxylic acids is 2. The highest BCUT2D eigenvalue weighted by Crippen LogP contribution is 2.03. The van der Waals surface area contributed by atoms with E-state index in [0.717, 1.165) is 12.3 Å². The molecule has 0 saturated heterocycles. The average molecular weight is 166 g/mol. The molecule has 0 aromatic carbocycles. The summed E-state index contributed by atoms with van der Waals surface area (Å²) in [5, 5.41) is 17.0. The highest BCUT2D eigenvalue weighted by atomic mass is 16.4. The number of carboxylic acid groups (broad SMARTS) is 2. The summed E-state index contributed by atoms with van der Waals surface area (Å²) in [5.74, 6) is -2.68. The Morgan fingerprint density at radius 1 is 1.33 bits per heavy atom. The molecule has 61 valence electrons. The maximum absolute atomic E-state index is 10.4. The van der Waals surface area contributed by atoms with Crippen molar-refractivity contribution in [1.29, 1.82) is 0 Å². The van der Waals surface area contributed by atoms with Crippen molar-refractivity contribution in [3.05, 3.63) is 29.6 Å². The third-order valence-corrected chi connectivity index (χ3v) is 1.18. The average Bonchev–Trinajstić information content (AvgIpc) is 2.04. The number of nitrogens with zero attached hydrogens (tertiary/aromatic N) is 1. The van der Waals surface area contributed by atoms with Crippen LogP contribution in [0.4, 0.5) is 0 Å². The molecule has 5 nitrogen and oxygen atoms in total. The second kappa shape index (κ2) is 3.00. The van der Waals surface area contributed by atoms with E-state index >= 15 is 0 Å². The van der Waals surface area contributed by atoms with Crippen molar-refractivity contribution >= 4 is 11.9 Å². The molecule has 12 heavy (non-hydrogen) atoms. The van der Waals surface area contributed by atoms with Crippen molar-refractivity contribution < 1.29 is 19.8 Å². The number of hydrogen-bond acceptors (Lipinski definition) is 3. The largest absolute Gasteiger partial charge is 0.478 e. The number of hydrogen-bond donors (Lipinski definition) is 2. The van der Waals surface area contributed by atoms with Crippen molar-refractivity contribution in [1.82, 2.24) is 4.98 Å². The first-order valence-corrected chi connectivity index (χ1v) is 2.95. The number of pyridine rings is 1. The molecule has 0 aliphatic carbocycles. The fourth-order valence-electron chi connectivity index (χ4n) is 0.694. The van der Waals surface area contributed by atoms with Gasteiger partial charge in [0, 0.05) is 12.3 Å². The molecule has 1 aromatic heterocycles. The van der Waals surface area contributed by atoms with E-state index in [1.165, 1.54) is 0 Å². The van der Waals surface area contributed by atoms with Gasteiger partial charge in [0.25, 0.3) is 0 Å². The fraction of sp³-hybridized carbons (Fsp3) is 0. The Morgan fingerprint density at radius 2 is 2.00 bits per heavy atom. The van der Waals surface area contributed by atoms with Gasteiger partial charge in [-0.15, -0.1) is 0 Å². The zero-order chi connectivity index (χ0) is 9.14. The van der Waals surface area contributed by atoms with Gasteiger partial charge in [0.1, 0.15) is 0 Å². The van der Waals surface area contributed by atoms with Crippen LogP contribution in [0.5, 0.6) is 0 Å². The van der Waals surface area contributed by atoms with Gasteiger partial charge >= 0.3 is 11.9 Å². The Bertz CT molecular complexity index is 301. The fourth-order valence-corrected chi connectivity index (χ4v) is 0.694. The summed E-state index contributed by atoms with van der Waals surface area (Å²) in [6, 6.07) is 3.45. The molecule has 2 N–H and O–H groups in total. The van der Waals surface area contributed by atoms with Crippen LogP contribution in [0.1, 0.15) is 20.8 Å². The molecule has 0 bridgehead atoms. The molecular formula is C7H4NO4. The van der Waals surface area contributed by atoms with E-state index < -0.39 is 17.6 Å². The van der Waals surface area contributed by atoms with E-state index in [1.807, 2.05) is 0 Å². The van der Waals surface area contributed by atoms with E-state index in [0.29, 0.717) is 0 Å². The molecule has 5 heteroatoms. The first-order chi connectivity index (χ1) is 5.63. The molecule has 0 aliphatic rings. The lowest BCUT2D eigenvalue weighted by Gasteiger charge is -1.96. The first-order valence-electron chi connectivity index (χ1n) is 2.95. The van der Waals surface area contributed by atoms with Crippen LogP contribution >= 0.6 is 0 Å². The number of carboxylic acids is 2. The van der Waals surface area contributed by atoms with E-state index in [9.17, 15) is 9.59 Å². The lowest BCUT2D eigenvalue weighted by atomic mass is 10.2. The van der Waals surface area contributed by atoms with E-state index in [2.05, 4.69) is 11.1 Å². The molecule has 0 amide bonds. The number of carbonyl (C=O) groups is 2. The molecule has 1 heterocycles. The summed E-state index contributed by atoms with van der Waals surface area (Å²) in [6.07, 6.45) is 1.11. The quantitative estimate of drug-likeness (QED) is 0.658. The van der Waals surface area contributed by atoms with Gasteiger partial charge in [0.2, 0.25) is 0 Å². The van der Waals surface area contributed by atoms with Crippen LogP contribution in [0, 0.1) is 6.07 Å². The third kappa shape index (κ3) is 1.39. The second-order valence-electron chi connectivity index (χ2n) is 1.94. The molecule has 1 rings (SSSR count). The lowest BCUT2D eigenvalue weighted by Crippen LogP contribution is -2.09. The normalized spacial score (nSPS) is 9.33. The zero-order valence-electron chi connectivity index (χ0n) is 5.81. The van der Waals surface area contributed by atoms with E-state index in [-0.39, 0.29) is 5.56 Å². The summed E-state index contributed by atoms with van der Waals surface area (Å²) < 4.78 is 0. The van der Waals surface area contributed by atoms with E-state index in [4.69, 9.17) is 10.2 Å². The Balaban J connectivity index is 3.27. The van der Waals surface area contributed by atoms with Gasteiger partial charge < -0.3 is 10.2 Å². The van der Waals surface area contributed by atoms with Crippen LogP contribution in [-0.2, 0) is 0 Å². The smallest absolute Gasteiger partial charge is 0.355 e. The molecule has 0 atom stereocenters. The Morgan fingerprint density at radius 3 is 2.42 bits per heavy atom. The summed E-state index contributed by atoms with van der Waals surface area (Å²) >= 11 is 0. The minimum atomic E-state index is -1.36. The summed E-state index contributed by atoms with van der Waals surface area (Å²) in [5.41, 5.74) is -0.828. The van der Waals surface area contributed by atoms with Gasteiger partial charge in [0.05, 0.1) is 5.56 Å². The predicted molar refractivity (Wildman–Crippen MR) is 37.0 cm³/mol. The first kappa shape index (κ1) is 8.19. The molecule has 0 aliphatic heterocycles. The van der Waals surface area contributed by atoms with Gasteiger partial charge in [-0.3, -0.25) is 0 Å². The highest BCUT2D eigenvalue weighted by Gasteiger charge is 2.15. The molecule has 1 radical (unpaired) electrons. The molecule has 0 fully saturated rings. The highest BCUT2D eigenvalue weighted by molar-refractivity contribution is 5.99. The topological polar surface area (TPSA) is 87.5 Å².